The summed E-state index contributed by atoms with van der Waals surface area (Å²) in [7, 11) is 0. The van der Waals surface area contributed by atoms with Crippen molar-refractivity contribution in [1.29, 1.82) is 0 Å². The molecular formula is C7H7N5. The first-order valence-corrected chi connectivity index (χ1v) is 3.43. The first-order valence-electron chi connectivity index (χ1n) is 3.43. The average Bonchev–Trinajstić information content (AvgIpc) is 2.54. The Morgan fingerprint density at radius 2 is 2.17 bits per heavy atom. The van der Waals surface area contributed by atoms with Gasteiger partial charge in [-0.1, -0.05) is 0 Å². The highest BCUT2D eigenvalue weighted by Crippen LogP contribution is 2.03. The van der Waals surface area contributed by atoms with Gasteiger partial charge in [-0.05, 0) is 0 Å². The second kappa shape index (κ2) is 2.61. The molecule has 0 spiro atoms. The van der Waals surface area contributed by atoms with Crippen LogP contribution in [0.25, 0.3) is 5.82 Å². The molecule has 0 saturated heterocycles. The van der Waals surface area contributed by atoms with Crippen LogP contribution in [0.2, 0.25) is 0 Å². The molecule has 12 heavy (non-hydrogen) atoms. The third-order valence-corrected chi connectivity index (χ3v) is 1.39. The quantitative estimate of drug-likeness (QED) is 0.650. The van der Waals surface area contributed by atoms with Gasteiger partial charge in [-0.3, -0.25) is 4.98 Å². The molecule has 0 aliphatic carbocycles. The van der Waals surface area contributed by atoms with Crippen molar-refractivity contribution in [3.8, 4) is 5.82 Å². The molecule has 0 aromatic carbocycles. The maximum absolute atomic E-state index is 5.48. The number of hydrogen-bond acceptors (Lipinski definition) is 4. The van der Waals surface area contributed by atoms with E-state index >= 15 is 0 Å². The number of nitrogens with two attached hydrogens (primary N) is 1. The molecule has 0 saturated carbocycles. The number of anilines is 1. The van der Waals surface area contributed by atoms with E-state index in [1.54, 1.807) is 35.7 Å². The summed E-state index contributed by atoms with van der Waals surface area (Å²) in [4.78, 5) is 7.95. The van der Waals surface area contributed by atoms with Crippen molar-refractivity contribution in [1.82, 2.24) is 19.7 Å². The molecule has 0 fully saturated rings. The van der Waals surface area contributed by atoms with E-state index in [9.17, 15) is 0 Å². The lowest BCUT2D eigenvalue weighted by molar-refractivity contribution is 0.838. The van der Waals surface area contributed by atoms with E-state index in [0.717, 1.165) is 0 Å². The zero-order valence-corrected chi connectivity index (χ0v) is 6.25. The molecule has 2 aromatic rings. The Morgan fingerprint density at radius 1 is 1.25 bits per heavy atom. The Morgan fingerprint density at radius 3 is 2.75 bits per heavy atom. The fourth-order valence-corrected chi connectivity index (χ4v) is 0.872. The molecule has 5 heteroatoms. The summed E-state index contributed by atoms with van der Waals surface area (Å²) in [5.41, 5.74) is 6.10. The van der Waals surface area contributed by atoms with Crippen LogP contribution in [0.5, 0.6) is 0 Å². The van der Waals surface area contributed by atoms with Crippen LogP contribution in [0, 0.1) is 0 Å². The van der Waals surface area contributed by atoms with Gasteiger partial charge in [0.1, 0.15) is 0 Å². The van der Waals surface area contributed by atoms with Gasteiger partial charge in [0, 0.05) is 12.4 Å². The van der Waals surface area contributed by atoms with Gasteiger partial charge in [-0.15, -0.1) is 0 Å². The summed E-state index contributed by atoms with van der Waals surface area (Å²) in [6.45, 7) is 0. The smallest absolute Gasteiger partial charge is 0.171 e. The summed E-state index contributed by atoms with van der Waals surface area (Å²) in [5, 5.41) is 3.98. The first-order chi connectivity index (χ1) is 5.86. The summed E-state index contributed by atoms with van der Waals surface area (Å²) in [5.74, 6) is 0.661. The Hall–Kier alpha value is -1.91. The van der Waals surface area contributed by atoms with Gasteiger partial charge >= 0.3 is 0 Å². The number of nitrogen functional groups attached to an aromatic ring is 1. The summed E-state index contributed by atoms with van der Waals surface area (Å²) in [6, 6.07) is 0. The molecule has 60 valence electrons. The fraction of sp³-hybridized carbons (Fsp3) is 0. The molecule has 2 aromatic heterocycles. The SMILES string of the molecule is Nc1cnn(-c2cnccn2)c1. The predicted molar refractivity (Wildman–Crippen MR) is 43.6 cm³/mol. The third-order valence-electron chi connectivity index (χ3n) is 1.39. The van der Waals surface area contributed by atoms with Gasteiger partial charge < -0.3 is 5.73 Å². The van der Waals surface area contributed by atoms with E-state index in [1.165, 1.54) is 0 Å². The maximum atomic E-state index is 5.48. The summed E-state index contributed by atoms with van der Waals surface area (Å²) >= 11 is 0. The van der Waals surface area contributed by atoms with E-state index in [4.69, 9.17) is 5.73 Å². The van der Waals surface area contributed by atoms with Gasteiger partial charge in [0.25, 0.3) is 0 Å². The Labute approximate surface area is 68.9 Å². The molecule has 2 N–H and O–H groups in total. The van der Waals surface area contributed by atoms with Gasteiger partial charge in [-0.2, -0.15) is 5.10 Å². The molecule has 2 heterocycles. The Balaban J connectivity index is 2.45. The molecule has 2 rings (SSSR count). The highest BCUT2D eigenvalue weighted by molar-refractivity contribution is 5.33. The van der Waals surface area contributed by atoms with E-state index in [-0.39, 0.29) is 0 Å². The highest BCUT2D eigenvalue weighted by atomic mass is 15.3. The minimum atomic E-state index is 0.612. The predicted octanol–water partition coefficient (Wildman–Crippen LogP) is 0.244. The second-order valence-electron chi connectivity index (χ2n) is 2.28. The van der Waals surface area contributed by atoms with Crippen molar-refractivity contribution in [2.24, 2.45) is 0 Å². The Bertz CT molecular complexity index is 366. The van der Waals surface area contributed by atoms with Crippen molar-refractivity contribution in [2.75, 3.05) is 5.73 Å². The van der Waals surface area contributed by atoms with Crippen molar-refractivity contribution in [3.63, 3.8) is 0 Å². The van der Waals surface area contributed by atoms with Crippen LogP contribution in [0.3, 0.4) is 0 Å². The van der Waals surface area contributed by atoms with Crippen LogP contribution in [-0.2, 0) is 0 Å². The molecule has 0 radical (unpaired) electrons. The van der Waals surface area contributed by atoms with Gasteiger partial charge in [0.05, 0.1) is 24.3 Å². The van der Waals surface area contributed by atoms with E-state index in [0.29, 0.717) is 11.5 Å². The zero-order valence-electron chi connectivity index (χ0n) is 6.25. The number of nitrogens with zero attached hydrogens (tertiary/aromatic N) is 4. The number of aromatic nitrogens is 4. The zero-order chi connectivity index (χ0) is 8.39. The van der Waals surface area contributed by atoms with E-state index in [1.807, 2.05) is 0 Å². The Kier molecular flexibility index (Phi) is 1.48. The first kappa shape index (κ1) is 6.78. The molecular weight excluding hydrogens is 154 g/mol. The molecule has 0 atom stereocenters. The molecule has 0 aliphatic rings. The number of rotatable bonds is 1. The largest absolute Gasteiger partial charge is 0.396 e. The molecule has 0 unspecified atom stereocenters. The van der Waals surface area contributed by atoms with Gasteiger partial charge in [-0.25, -0.2) is 9.67 Å². The lowest BCUT2D eigenvalue weighted by Gasteiger charge is -1.95. The van der Waals surface area contributed by atoms with Crippen molar-refractivity contribution in [2.45, 2.75) is 0 Å². The fourth-order valence-electron chi connectivity index (χ4n) is 0.872. The van der Waals surface area contributed by atoms with Gasteiger partial charge in [0.15, 0.2) is 5.82 Å². The van der Waals surface area contributed by atoms with Gasteiger partial charge in [0.2, 0.25) is 0 Å². The normalized spacial score (nSPS) is 10.0. The minimum absolute atomic E-state index is 0.612. The summed E-state index contributed by atoms with van der Waals surface area (Å²) in [6.07, 6.45) is 8.08. The van der Waals surface area contributed by atoms with Crippen molar-refractivity contribution in [3.05, 3.63) is 31.0 Å². The summed E-state index contributed by atoms with van der Waals surface area (Å²) < 4.78 is 1.57. The monoisotopic (exact) mass is 161 g/mol. The lowest BCUT2D eigenvalue weighted by atomic mass is 10.6. The molecule has 5 nitrogen and oxygen atoms in total. The second-order valence-corrected chi connectivity index (χ2v) is 2.28. The lowest BCUT2D eigenvalue weighted by Crippen LogP contribution is -1.97. The van der Waals surface area contributed by atoms with Crippen LogP contribution < -0.4 is 5.73 Å². The molecule has 0 aliphatic heterocycles. The van der Waals surface area contributed by atoms with Crippen LogP contribution >= 0.6 is 0 Å². The van der Waals surface area contributed by atoms with Crippen molar-refractivity contribution < 1.29 is 0 Å². The highest BCUT2D eigenvalue weighted by Gasteiger charge is 1.97. The topological polar surface area (TPSA) is 69.6 Å². The van der Waals surface area contributed by atoms with Crippen LogP contribution in [-0.4, -0.2) is 19.7 Å². The maximum Gasteiger partial charge on any atom is 0.171 e. The van der Waals surface area contributed by atoms with E-state index in [2.05, 4.69) is 15.1 Å². The van der Waals surface area contributed by atoms with Crippen LogP contribution in [0.4, 0.5) is 5.69 Å². The minimum Gasteiger partial charge on any atom is -0.396 e. The molecule has 0 amide bonds. The number of hydrogen-bond donors (Lipinski definition) is 1. The van der Waals surface area contributed by atoms with Crippen LogP contribution in [0.15, 0.2) is 31.0 Å². The van der Waals surface area contributed by atoms with E-state index < -0.39 is 0 Å². The van der Waals surface area contributed by atoms with Crippen LogP contribution in [0.1, 0.15) is 0 Å². The molecule has 0 bridgehead atoms. The van der Waals surface area contributed by atoms with Crippen molar-refractivity contribution >= 4 is 5.69 Å². The standard InChI is InChI=1S/C7H7N5/c8-6-3-11-12(5-6)7-4-9-1-2-10-7/h1-5H,8H2. The third kappa shape index (κ3) is 1.12. The average molecular weight is 161 g/mol.